The molecule has 4 rings (SSSR count). The van der Waals surface area contributed by atoms with Gasteiger partial charge in [-0.05, 0) is 65.5 Å². The van der Waals surface area contributed by atoms with Crippen LogP contribution < -0.4 is 9.04 Å². The number of aromatic nitrogens is 3. The zero-order valence-corrected chi connectivity index (χ0v) is 21.6. The van der Waals surface area contributed by atoms with E-state index < -0.39 is 33.1 Å². The highest BCUT2D eigenvalue weighted by molar-refractivity contribution is 9.10. The molecule has 0 bridgehead atoms. The predicted octanol–water partition coefficient (Wildman–Crippen LogP) is 3.34. The van der Waals surface area contributed by atoms with Crippen molar-refractivity contribution in [2.24, 2.45) is 0 Å². The second-order valence-corrected chi connectivity index (χ2v) is 11.6. The SMILES string of the molecule is CS(=O)(=O)c1ccc(Oc2ncc(N(C3CCCc4c3cnn4CC(=O)O)S(=O)O)cc2Br)cc1. The van der Waals surface area contributed by atoms with Gasteiger partial charge in [-0.2, -0.15) is 5.10 Å². The number of halogens is 1. The van der Waals surface area contributed by atoms with Crippen LogP contribution in [0.5, 0.6) is 11.6 Å². The molecule has 11 nitrogen and oxygen atoms in total. The highest BCUT2D eigenvalue weighted by Gasteiger charge is 2.33. The van der Waals surface area contributed by atoms with E-state index in [4.69, 9.17) is 9.84 Å². The average molecular weight is 585 g/mol. The lowest BCUT2D eigenvalue weighted by molar-refractivity contribution is -0.137. The fourth-order valence-electron chi connectivity index (χ4n) is 3.96. The largest absolute Gasteiger partial charge is 0.480 e. The molecule has 186 valence electrons. The van der Waals surface area contributed by atoms with Gasteiger partial charge in [0.1, 0.15) is 12.3 Å². The summed E-state index contributed by atoms with van der Waals surface area (Å²) in [6, 6.07) is 6.95. The van der Waals surface area contributed by atoms with E-state index in [0.717, 1.165) is 11.9 Å². The molecule has 2 heterocycles. The van der Waals surface area contributed by atoms with Crippen LogP contribution in [0.4, 0.5) is 5.69 Å². The zero-order chi connectivity index (χ0) is 25.3. The van der Waals surface area contributed by atoms with Gasteiger partial charge in [-0.15, -0.1) is 0 Å². The maximum atomic E-state index is 12.4. The smallest absolute Gasteiger partial charge is 0.325 e. The van der Waals surface area contributed by atoms with Gasteiger partial charge in [-0.25, -0.2) is 17.6 Å². The van der Waals surface area contributed by atoms with Crippen molar-refractivity contribution in [1.82, 2.24) is 14.8 Å². The summed E-state index contributed by atoms with van der Waals surface area (Å²) in [6.45, 7) is -0.283. The highest BCUT2D eigenvalue weighted by atomic mass is 79.9. The van der Waals surface area contributed by atoms with Crippen LogP contribution in [-0.4, -0.2) is 49.3 Å². The Morgan fingerprint density at radius 2 is 2.03 bits per heavy atom. The van der Waals surface area contributed by atoms with Crippen LogP contribution in [0, 0.1) is 0 Å². The lowest BCUT2D eigenvalue weighted by Gasteiger charge is -2.32. The lowest BCUT2D eigenvalue weighted by atomic mass is 9.92. The first kappa shape index (κ1) is 25.3. The third kappa shape index (κ3) is 5.55. The van der Waals surface area contributed by atoms with E-state index in [1.165, 1.54) is 39.4 Å². The molecular formula is C21H21BrN4O7S2. The first-order valence-electron chi connectivity index (χ1n) is 10.3. The quantitative estimate of drug-likeness (QED) is 0.379. The van der Waals surface area contributed by atoms with Gasteiger partial charge in [-0.3, -0.25) is 18.3 Å². The van der Waals surface area contributed by atoms with Crippen LogP contribution in [-0.2, 0) is 38.9 Å². The molecule has 1 aliphatic carbocycles. The van der Waals surface area contributed by atoms with E-state index >= 15 is 0 Å². The Labute approximate surface area is 212 Å². The average Bonchev–Trinajstić information content (AvgIpc) is 3.18. The summed E-state index contributed by atoms with van der Waals surface area (Å²) in [7, 11) is -3.33. The Morgan fingerprint density at radius 1 is 1.31 bits per heavy atom. The monoisotopic (exact) mass is 584 g/mol. The van der Waals surface area contributed by atoms with E-state index in [9.17, 15) is 22.0 Å². The maximum Gasteiger partial charge on any atom is 0.325 e. The number of aliphatic carboxylic acids is 1. The summed E-state index contributed by atoms with van der Waals surface area (Å²) in [4.78, 5) is 15.6. The molecule has 0 saturated heterocycles. The molecule has 0 radical (unpaired) electrons. The number of carboxylic acid groups (broad SMARTS) is 1. The van der Waals surface area contributed by atoms with Crippen LogP contribution in [0.3, 0.4) is 0 Å². The van der Waals surface area contributed by atoms with Gasteiger partial charge in [0.2, 0.25) is 5.88 Å². The first-order valence-corrected chi connectivity index (χ1v) is 14.1. The van der Waals surface area contributed by atoms with Crippen LogP contribution >= 0.6 is 15.9 Å². The van der Waals surface area contributed by atoms with Gasteiger partial charge < -0.3 is 9.84 Å². The molecule has 0 amide bonds. The molecule has 0 fully saturated rings. The number of benzene rings is 1. The summed E-state index contributed by atoms with van der Waals surface area (Å²) < 4.78 is 54.6. The highest BCUT2D eigenvalue weighted by Crippen LogP contribution is 2.39. The van der Waals surface area contributed by atoms with Gasteiger partial charge in [0, 0.05) is 17.5 Å². The number of hydrogen-bond acceptors (Lipinski definition) is 7. The van der Waals surface area contributed by atoms with Gasteiger partial charge >= 0.3 is 5.97 Å². The molecule has 1 aromatic carbocycles. The number of rotatable bonds is 8. The number of pyridine rings is 1. The van der Waals surface area contributed by atoms with Crippen LogP contribution in [0.25, 0.3) is 0 Å². The number of nitrogens with zero attached hydrogens (tertiary/aromatic N) is 4. The minimum absolute atomic E-state index is 0.159. The van der Waals surface area contributed by atoms with Gasteiger partial charge in [0.15, 0.2) is 9.84 Å². The number of ether oxygens (including phenoxy) is 1. The van der Waals surface area contributed by atoms with Crippen LogP contribution in [0.1, 0.15) is 30.1 Å². The maximum absolute atomic E-state index is 12.4. The molecule has 0 spiro atoms. The van der Waals surface area contributed by atoms with Crippen molar-refractivity contribution in [3.05, 3.63) is 58.5 Å². The van der Waals surface area contributed by atoms with E-state index in [1.54, 1.807) is 12.3 Å². The minimum atomic E-state index is -3.33. The standard InChI is InChI=1S/C21H21BrN4O7S2/c1-35(31,32)15-7-5-14(6-8-15)33-21-17(22)9-13(10-23-21)26(34(29)30)19-4-2-3-18-16(19)11-24-25(18)12-20(27)28/h5-11,19H,2-4,12H2,1H3,(H,27,28)(H,29,30). The topological polar surface area (TPSA) is 152 Å². The van der Waals surface area contributed by atoms with Crippen molar-refractivity contribution < 1.29 is 31.8 Å². The fraction of sp³-hybridized carbons (Fsp3) is 0.286. The van der Waals surface area contributed by atoms with Crippen LogP contribution in [0.15, 0.2) is 52.1 Å². The van der Waals surface area contributed by atoms with Gasteiger partial charge in [0.05, 0.1) is 33.5 Å². The molecule has 2 atom stereocenters. The van der Waals surface area contributed by atoms with Crippen LogP contribution in [0.2, 0.25) is 0 Å². The molecule has 2 N–H and O–H groups in total. The van der Waals surface area contributed by atoms with Crippen molar-refractivity contribution in [3.63, 3.8) is 0 Å². The van der Waals surface area contributed by atoms with Crippen molar-refractivity contribution in [3.8, 4) is 11.6 Å². The number of fused-ring (bicyclic) bond motifs is 1. The molecule has 0 saturated carbocycles. The summed E-state index contributed by atoms with van der Waals surface area (Å²) in [5.74, 6) is -0.470. The number of sulfone groups is 1. The molecular weight excluding hydrogens is 564 g/mol. The summed E-state index contributed by atoms with van der Waals surface area (Å²) in [5.41, 5.74) is 1.77. The normalized spacial score (nSPS) is 16.4. The van der Waals surface area contributed by atoms with E-state index in [1.807, 2.05) is 0 Å². The summed E-state index contributed by atoms with van der Waals surface area (Å²) >= 11 is 0.980. The minimum Gasteiger partial charge on any atom is -0.480 e. The second-order valence-electron chi connectivity index (χ2n) is 7.89. The molecule has 35 heavy (non-hydrogen) atoms. The first-order chi connectivity index (χ1) is 16.5. The molecule has 3 aromatic rings. The number of anilines is 1. The molecule has 1 aliphatic rings. The van der Waals surface area contributed by atoms with Crippen molar-refractivity contribution in [2.45, 2.75) is 36.7 Å². The summed E-state index contributed by atoms with van der Waals surface area (Å²) in [6.07, 6.45) is 5.94. The lowest BCUT2D eigenvalue weighted by Crippen LogP contribution is -2.33. The van der Waals surface area contributed by atoms with Crippen molar-refractivity contribution >= 4 is 48.7 Å². The predicted molar refractivity (Wildman–Crippen MR) is 130 cm³/mol. The Kier molecular flexibility index (Phi) is 7.26. The third-order valence-corrected chi connectivity index (χ3v) is 7.98. The van der Waals surface area contributed by atoms with Gasteiger partial charge in [-0.1, -0.05) is 0 Å². The Balaban J connectivity index is 1.61. The molecule has 2 aromatic heterocycles. The number of carbonyl (C=O) groups is 1. The van der Waals surface area contributed by atoms with Crippen molar-refractivity contribution in [1.29, 1.82) is 0 Å². The van der Waals surface area contributed by atoms with E-state index in [-0.39, 0.29) is 17.3 Å². The van der Waals surface area contributed by atoms with Crippen molar-refractivity contribution in [2.75, 3.05) is 10.6 Å². The molecule has 0 aliphatic heterocycles. The fourth-order valence-corrected chi connectivity index (χ4v) is 5.72. The number of carboxylic acids is 1. The second kappa shape index (κ2) is 10.0. The Hall–Kier alpha value is -2.81. The van der Waals surface area contributed by atoms with E-state index in [2.05, 4.69) is 26.0 Å². The summed E-state index contributed by atoms with van der Waals surface area (Å²) in [5, 5.41) is 13.3. The third-order valence-electron chi connectivity index (χ3n) is 5.48. The zero-order valence-electron chi connectivity index (χ0n) is 18.4. The molecule has 2 unspecified atom stereocenters. The molecule has 14 heteroatoms. The Morgan fingerprint density at radius 3 is 2.63 bits per heavy atom. The van der Waals surface area contributed by atoms with Gasteiger partial charge in [0.25, 0.3) is 11.3 Å². The Bertz CT molecular complexity index is 1390. The number of hydrogen-bond donors (Lipinski definition) is 2. The van der Waals surface area contributed by atoms with E-state index in [0.29, 0.717) is 40.7 Å².